The number of ether oxygens (including phenoxy) is 1. The van der Waals surface area contributed by atoms with Crippen LogP contribution in [0.5, 0.6) is 5.75 Å². The average molecular weight is 495 g/mol. The third kappa shape index (κ3) is 5.63. The van der Waals surface area contributed by atoms with Gasteiger partial charge in [-0.25, -0.2) is 4.98 Å². The molecule has 0 amide bonds. The average Bonchev–Trinajstić information content (AvgIpc) is 2.81. The van der Waals surface area contributed by atoms with Crippen molar-refractivity contribution in [3.8, 4) is 17.1 Å². The Morgan fingerprint density at radius 2 is 1.65 bits per heavy atom. The van der Waals surface area contributed by atoms with Crippen LogP contribution in [0.2, 0.25) is 10.0 Å². The third-order valence-electron chi connectivity index (χ3n) is 5.86. The SMILES string of the molecule is Cc1cc(C)c(OCCCCCCn2c(-c3ccc(Cl)cc3)nc3ccccc3c2=O)c(Cl)c1. The molecule has 0 aliphatic rings. The standard InChI is InChI=1S/C28H28Cl2N2O2/c1-19-17-20(2)26(24(30)18-19)34-16-8-4-3-7-15-32-27(21-11-13-22(29)14-12-21)31-25-10-6-5-9-23(25)28(32)33/h5-6,9-14,17-18H,3-4,7-8,15-16H2,1-2H3. The van der Waals surface area contributed by atoms with Crippen molar-refractivity contribution in [2.24, 2.45) is 0 Å². The second-order valence-corrected chi connectivity index (χ2v) is 9.42. The second-order valence-electron chi connectivity index (χ2n) is 8.57. The minimum atomic E-state index is -0.0108. The number of nitrogens with zero attached hydrogens (tertiary/aromatic N) is 2. The molecule has 0 fully saturated rings. The monoisotopic (exact) mass is 494 g/mol. The van der Waals surface area contributed by atoms with E-state index in [2.05, 4.69) is 6.07 Å². The summed E-state index contributed by atoms with van der Waals surface area (Å²) in [7, 11) is 0. The van der Waals surface area contributed by atoms with E-state index in [0.29, 0.717) is 39.9 Å². The molecule has 3 aromatic carbocycles. The van der Waals surface area contributed by atoms with E-state index in [1.54, 1.807) is 4.57 Å². The van der Waals surface area contributed by atoms with Gasteiger partial charge < -0.3 is 4.74 Å². The fourth-order valence-corrected chi connectivity index (χ4v) is 4.68. The highest BCUT2D eigenvalue weighted by molar-refractivity contribution is 6.32. The van der Waals surface area contributed by atoms with Gasteiger partial charge in [-0.1, -0.05) is 54.2 Å². The van der Waals surface area contributed by atoms with Crippen molar-refractivity contribution in [1.29, 1.82) is 0 Å². The predicted octanol–water partition coefficient (Wildman–Crippen LogP) is 7.63. The van der Waals surface area contributed by atoms with E-state index in [-0.39, 0.29) is 5.56 Å². The number of unbranched alkanes of at least 4 members (excludes halogenated alkanes) is 3. The molecule has 1 aromatic heterocycles. The maximum atomic E-state index is 13.3. The summed E-state index contributed by atoms with van der Waals surface area (Å²) in [6, 6.07) is 19.0. The molecule has 0 saturated carbocycles. The lowest BCUT2D eigenvalue weighted by Gasteiger charge is -2.14. The zero-order chi connectivity index (χ0) is 24.1. The van der Waals surface area contributed by atoms with E-state index >= 15 is 0 Å². The van der Waals surface area contributed by atoms with Crippen LogP contribution in [-0.2, 0) is 6.54 Å². The van der Waals surface area contributed by atoms with E-state index in [0.717, 1.165) is 48.1 Å². The summed E-state index contributed by atoms with van der Waals surface area (Å²) in [5.74, 6) is 1.45. The largest absolute Gasteiger partial charge is 0.492 e. The van der Waals surface area contributed by atoms with E-state index in [9.17, 15) is 4.79 Å². The fourth-order valence-electron chi connectivity index (χ4n) is 4.18. The fraction of sp³-hybridized carbons (Fsp3) is 0.286. The number of halogens is 2. The van der Waals surface area contributed by atoms with Crippen LogP contribution in [0.25, 0.3) is 22.3 Å². The van der Waals surface area contributed by atoms with Crippen molar-refractivity contribution in [3.05, 3.63) is 92.2 Å². The van der Waals surface area contributed by atoms with E-state index in [1.807, 2.05) is 68.4 Å². The first-order valence-corrected chi connectivity index (χ1v) is 12.3. The molecule has 0 aliphatic heterocycles. The van der Waals surface area contributed by atoms with Crippen molar-refractivity contribution in [3.63, 3.8) is 0 Å². The highest BCUT2D eigenvalue weighted by atomic mass is 35.5. The zero-order valence-corrected chi connectivity index (χ0v) is 21.0. The molecule has 176 valence electrons. The Balaban J connectivity index is 1.39. The van der Waals surface area contributed by atoms with Gasteiger partial charge in [0.1, 0.15) is 11.6 Å². The molecule has 0 N–H and O–H groups in total. The third-order valence-corrected chi connectivity index (χ3v) is 6.39. The molecule has 0 radical (unpaired) electrons. The lowest BCUT2D eigenvalue weighted by Crippen LogP contribution is -2.23. The van der Waals surface area contributed by atoms with Gasteiger partial charge in [-0.15, -0.1) is 0 Å². The van der Waals surface area contributed by atoms with E-state index in [4.69, 9.17) is 32.9 Å². The molecule has 4 aromatic rings. The topological polar surface area (TPSA) is 44.1 Å². The maximum absolute atomic E-state index is 13.3. The quantitative estimate of drug-likeness (QED) is 0.224. The summed E-state index contributed by atoms with van der Waals surface area (Å²) in [6.45, 7) is 5.27. The minimum absolute atomic E-state index is 0.0108. The van der Waals surface area contributed by atoms with E-state index in [1.165, 1.54) is 0 Å². The summed E-state index contributed by atoms with van der Waals surface area (Å²) in [5.41, 5.74) is 3.76. The molecule has 4 nitrogen and oxygen atoms in total. The predicted molar refractivity (Wildman–Crippen MR) is 141 cm³/mol. The summed E-state index contributed by atoms with van der Waals surface area (Å²) in [6.07, 6.45) is 3.81. The van der Waals surface area contributed by atoms with Crippen molar-refractivity contribution >= 4 is 34.1 Å². The number of aryl methyl sites for hydroxylation is 2. The van der Waals surface area contributed by atoms with Crippen LogP contribution in [0.1, 0.15) is 36.8 Å². The normalized spacial score (nSPS) is 11.2. The molecule has 0 unspecified atom stereocenters. The van der Waals surface area contributed by atoms with Crippen molar-refractivity contribution < 1.29 is 4.74 Å². The molecule has 0 aliphatic carbocycles. The Morgan fingerprint density at radius 3 is 2.41 bits per heavy atom. The van der Waals surface area contributed by atoms with Crippen LogP contribution in [-0.4, -0.2) is 16.2 Å². The molecule has 4 rings (SSSR count). The molecular formula is C28H28Cl2N2O2. The van der Waals surface area contributed by atoms with Crippen molar-refractivity contribution in [1.82, 2.24) is 9.55 Å². The van der Waals surface area contributed by atoms with Gasteiger partial charge in [-0.2, -0.15) is 0 Å². The summed E-state index contributed by atoms with van der Waals surface area (Å²) in [5, 5.41) is 1.96. The van der Waals surface area contributed by atoms with Crippen LogP contribution in [0.3, 0.4) is 0 Å². The number of para-hydroxylation sites is 1. The Morgan fingerprint density at radius 1 is 0.912 bits per heavy atom. The van der Waals surface area contributed by atoms with Gasteiger partial charge >= 0.3 is 0 Å². The van der Waals surface area contributed by atoms with E-state index < -0.39 is 0 Å². The number of benzene rings is 3. The Hall–Kier alpha value is -2.82. The van der Waals surface area contributed by atoms with Gasteiger partial charge in [0.25, 0.3) is 5.56 Å². The number of rotatable bonds is 9. The van der Waals surface area contributed by atoms with Crippen LogP contribution in [0.4, 0.5) is 0 Å². The highest BCUT2D eigenvalue weighted by Gasteiger charge is 2.13. The first-order valence-electron chi connectivity index (χ1n) is 11.6. The molecule has 6 heteroatoms. The number of hydrogen-bond donors (Lipinski definition) is 0. The van der Waals surface area contributed by atoms with Gasteiger partial charge in [0.2, 0.25) is 0 Å². The molecule has 0 spiro atoms. The maximum Gasteiger partial charge on any atom is 0.261 e. The Bertz CT molecular complexity index is 1320. The van der Waals surface area contributed by atoms with Crippen LogP contribution in [0.15, 0.2) is 65.5 Å². The number of aromatic nitrogens is 2. The van der Waals surface area contributed by atoms with Gasteiger partial charge in [-0.3, -0.25) is 9.36 Å². The Labute approximate surface area is 210 Å². The van der Waals surface area contributed by atoms with Gasteiger partial charge in [-0.05, 0) is 80.3 Å². The van der Waals surface area contributed by atoms with Crippen LogP contribution >= 0.6 is 23.2 Å². The van der Waals surface area contributed by atoms with Gasteiger partial charge in [0.05, 0.1) is 22.5 Å². The van der Waals surface area contributed by atoms with Gasteiger partial charge in [0.15, 0.2) is 0 Å². The second kappa shape index (κ2) is 11.1. The molecule has 34 heavy (non-hydrogen) atoms. The van der Waals surface area contributed by atoms with Crippen LogP contribution in [0, 0.1) is 13.8 Å². The zero-order valence-electron chi connectivity index (χ0n) is 19.5. The first kappa shape index (κ1) is 24.3. The summed E-state index contributed by atoms with van der Waals surface area (Å²) < 4.78 is 7.72. The highest BCUT2D eigenvalue weighted by Crippen LogP contribution is 2.30. The van der Waals surface area contributed by atoms with Gasteiger partial charge in [0, 0.05) is 17.1 Å². The summed E-state index contributed by atoms with van der Waals surface area (Å²) in [4.78, 5) is 18.1. The smallest absolute Gasteiger partial charge is 0.261 e. The molecule has 1 heterocycles. The summed E-state index contributed by atoms with van der Waals surface area (Å²) >= 11 is 12.4. The molecule has 0 bridgehead atoms. The van der Waals surface area contributed by atoms with Crippen molar-refractivity contribution in [2.45, 2.75) is 46.1 Å². The minimum Gasteiger partial charge on any atom is -0.492 e. The van der Waals surface area contributed by atoms with Crippen molar-refractivity contribution in [2.75, 3.05) is 6.61 Å². The Kier molecular flexibility index (Phi) is 7.91. The lowest BCUT2D eigenvalue weighted by atomic mass is 10.1. The molecular weight excluding hydrogens is 467 g/mol. The first-order chi connectivity index (χ1) is 16.4. The lowest BCUT2D eigenvalue weighted by molar-refractivity contribution is 0.302. The number of fused-ring (bicyclic) bond motifs is 1. The number of hydrogen-bond acceptors (Lipinski definition) is 3. The molecule has 0 saturated heterocycles. The van der Waals surface area contributed by atoms with Crippen LogP contribution < -0.4 is 10.3 Å². The molecule has 0 atom stereocenters.